The molecule has 1 fully saturated rings. The predicted molar refractivity (Wildman–Crippen MR) is 155 cm³/mol. The molecule has 2 amide bonds. The van der Waals surface area contributed by atoms with Crippen molar-refractivity contribution in [2.75, 3.05) is 18.5 Å². The predicted octanol–water partition coefficient (Wildman–Crippen LogP) is 4.59. The van der Waals surface area contributed by atoms with Crippen molar-refractivity contribution >= 4 is 52.1 Å². The summed E-state index contributed by atoms with van der Waals surface area (Å²) in [6.45, 7) is 2.78. The molecule has 4 heterocycles. The topological polar surface area (TPSA) is 150 Å². The zero-order valence-electron chi connectivity index (χ0n) is 22.6. The highest BCUT2D eigenvalue weighted by molar-refractivity contribution is 7.12. The number of imidazole rings is 1. The molecule has 1 aromatic carbocycles. The summed E-state index contributed by atoms with van der Waals surface area (Å²) in [5, 5.41) is 16.6. The molecule has 42 heavy (non-hydrogen) atoms. The molecular formula is C29H28N6O6S. The Morgan fingerprint density at radius 1 is 1.21 bits per heavy atom. The van der Waals surface area contributed by atoms with E-state index in [-0.39, 0.29) is 29.5 Å². The Kier molecular flexibility index (Phi) is 7.95. The van der Waals surface area contributed by atoms with Crippen molar-refractivity contribution in [3.63, 3.8) is 0 Å². The van der Waals surface area contributed by atoms with E-state index in [0.717, 1.165) is 11.3 Å². The molecule has 1 saturated heterocycles. The van der Waals surface area contributed by atoms with Crippen molar-refractivity contribution in [3.8, 4) is 0 Å². The first-order chi connectivity index (χ1) is 20.5. The molecule has 3 atom stereocenters. The summed E-state index contributed by atoms with van der Waals surface area (Å²) in [7, 11) is 0. The van der Waals surface area contributed by atoms with E-state index < -0.39 is 12.3 Å². The third-order valence-electron chi connectivity index (χ3n) is 6.92. The first kappa shape index (κ1) is 27.6. The number of benzene rings is 1. The summed E-state index contributed by atoms with van der Waals surface area (Å²) in [5.41, 5.74) is 3.42. The fourth-order valence-corrected chi connectivity index (χ4v) is 5.78. The van der Waals surface area contributed by atoms with Crippen molar-refractivity contribution in [1.29, 1.82) is 0 Å². The first-order valence-corrected chi connectivity index (χ1v) is 14.3. The SMILES string of the molecule is CCNC(=O)Nc1ncnc2c1ncn2C1=C2OC(C=Cc3ccccc3)OC2C(COCc2ccsc2C(=O)O)C1. The van der Waals surface area contributed by atoms with Gasteiger partial charge in [0.25, 0.3) is 0 Å². The number of anilines is 1. The van der Waals surface area contributed by atoms with Gasteiger partial charge in [-0.25, -0.2) is 24.5 Å². The lowest BCUT2D eigenvalue weighted by Crippen LogP contribution is -2.28. The fraction of sp³-hybridized carbons (Fsp3) is 0.276. The average molecular weight is 589 g/mol. The van der Waals surface area contributed by atoms with Crippen molar-refractivity contribution in [2.45, 2.75) is 32.3 Å². The van der Waals surface area contributed by atoms with E-state index >= 15 is 0 Å². The maximum Gasteiger partial charge on any atom is 0.346 e. The molecule has 12 nitrogen and oxygen atoms in total. The molecule has 1 aliphatic carbocycles. The van der Waals surface area contributed by atoms with Crippen molar-refractivity contribution in [1.82, 2.24) is 24.8 Å². The molecular weight excluding hydrogens is 560 g/mol. The van der Waals surface area contributed by atoms with Crippen LogP contribution in [0.1, 0.15) is 34.1 Å². The van der Waals surface area contributed by atoms with Gasteiger partial charge in [-0.05, 0) is 36.4 Å². The molecule has 4 aromatic rings. The van der Waals surface area contributed by atoms with Gasteiger partial charge in [0, 0.05) is 18.0 Å². The van der Waals surface area contributed by atoms with Crippen LogP contribution in [0.3, 0.4) is 0 Å². The Morgan fingerprint density at radius 3 is 2.88 bits per heavy atom. The van der Waals surface area contributed by atoms with E-state index in [9.17, 15) is 14.7 Å². The molecule has 0 radical (unpaired) electrons. The van der Waals surface area contributed by atoms with Crippen LogP contribution in [0, 0.1) is 5.92 Å². The molecule has 3 aromatic heterocycles. The van der Waals surface area contributed by atoms with Crippen molar-refractivity contribution < 1.29 is 28.9 Å². The van der Waals surface area contributed by atoms with Crippen LogP contribution in [-0.4, -0.2) is 62.2 Å². The number of amides is 2. The highest BCUT2D eigenvalue weighted by Crippen LogP contribution is 2.44. The number of thiophene rings is 1. The van der Waals surface area contributed by atoms with E-state index in [1.165, 1.54) is 17.7 Å². The monoisotopic (exact) mass is 588 g/mol. The van der Waals surface area contributed by atoms with Gasteiger partial charge in [0.2, 0.25) is 6.29 Å². The number of aromatic nitrogens is 4. The molecule has 13 heteroatoms. The molecule has 2 aliphatic rings. The van der Waals surface area contributed by atoms with E-state index in [1.807, 2.05) is 54.0 Å². The number of rotatable bonds is 10. The summed E-state index contributed by atoms with van der Waals surface area (Å²) >= 11 is 1.17. The summed E-state index contributed by atoms with van der Waals surface area (Å²) in [5.74, 6) is -0.123. The number of carboxylic acids is 1. The number of fused-ring (bicyclic) bond motifs is 2. The van der Waals surface area contributed by atoms with Crippen LogP contribution in [0.15, 0.2) is 66.3 Å². The summed E-state index contributed by atoms with van der Waals surface area (Å²) < 4.78 is 20.5. The second kappa shape index (κ2) is 12.1. The van der Waals surface area contributed by atoms with E-state index in [2.05, 4.69) is 25.6 Å². The minimum Gasteiger partial charge on any atom is -0.477 e. The van der Waals surface area contributed by atoms with Crippen LogP contribution in [-0.2, 0) is 20.8 Å². The van der Waals surface area contributed by atoms with Crippen LogP contribution < -0.4 is 10.6 Å². The Labute approximate surface area is 244 Å². The second-order valence-electron chi connectivity index (χ2n) is 9.68. The van der Waals surface area contributed by atoms with Crippen LogP contribution in [0.25, 0.3) is 22.9 Å². The van der Waals surface area contributed by atoms with Gasteiger partial charge in [-0.3, -0.25) is 9.88 Å². The Bertz CT molecular complexity index is 1670. The molecule has 0 saturated carbocycles. The van der Waals surface area contributed by atoms with E-state index in [4.69, 9.17) is 14.2 Å². The number of hydrogen-bond acceptors (Lipinski definition) is 9. The van der Waals surface area contributed by atoms with Gasteiger partial charge in [-0.2, -0.15) is 0 Å². The molecule has 3 N–H and O–H groups in total. The van der Waals surface area contributed by atoms with Gasteiger partial charge in [0.1, 0.15) is 29.4 Å². The highest BCUT2D eigenvalue weighted by Gasteiger charge is 2.45. The van der Waals surface area contributed by atoms with Gasteiger partial charge in [0.05, 0.1) is 18.9 Å². The molecule has 0 spiro atoms. The van der Waals surface area contributed by atoms with Crippen LogP contribution in [0.4, 0.5) is 10.6 Å². The van der Waals surface area contributed by atoms with E-state index in [1.54, 1.807) is 17.8 Å². The van der Waals surface area contributed by atoms with Gasteiger partial charge in [0.15, 0.2) is 17.0 Å². The number of carboxylic acid groups (broad SMARTS) is 1. The number of allylic oxidation sites excluding steroid dienone is 1. The smallest absolute Gasteiger partial charge is 0.346 e. The Morgan fingerprint density at radius 2 is 2.07 bits per heavy atom. The first-order valence-electron chi connectivity index (χ1n) is 13.4. The molecule has 3 unspecified atom stereocenters. The summed E-state index contributed by atoms with van der Waals surface area (Å²) in [4.78, 5) is 37.1. The average Bonchev–Trinajstić information content (AvgIpc) is 3.77. The number of hydrogen-bond donors (Lipinski definition) is 3. The van der Waals surface area contributed by atoms with Gasteiger partial charge < -0.3 is 24.6 Å². The number of ether oxygens (including phenoxy) is 3. The molecule has 6 rings (SSSR count). The number of carbonyl (C=O) groups is 2. The van der Waals surface area contributed by atoms with E-state index in [0.29, 0.717) is 47.9 Å². The normalized spacial score (nSPS) is 19.8. The van der Waals surface area contributed by atoms with Gasteiger partial charge >= 0.3 is 12.0 Å². The standard InChI is InChI=1S/C29H28N6O6S/c1-2-30-29(38)34-26-22-27(32-15-31-26)35(16-33-22)20-12-19(14-39-13-18-10-11-42-25(18)28(36)37)23-24(20)41-21(40-23)9-8-17-6-4-3-5-7-17/h3-11,15-16,19,21,23H,2,12-14H2,1H3,(H,36,37)(H2,30,31,32,34,38). The summed E-state index contributed by atoms with van der Waals surface area (Å²) in [6.07, 6.45) is 6.35. The van der Waals surface area contributed by atoms with Crippen LogP contribution in [0.2, 0.25) is 0 Å². The lowest BCUT2D eigenvalue weighted by Gasteiger charge is -2.17. The number of nitrogens with one attached hydrogen (secondary N) is 2. The number of urea groups is 1. The maximum atomic E-state index is 12.1. The number of carbonyl (C=O) groups excluding carboxylic acids is 1. The number of aromatic carboxylic acids is 1. The minimum atomic E-state index is -0.966. The molecule has 1 aliphatic heterocycles. The van der Waals surface area contributed by atoms with Gasteiger partial charge in [-0.15, -0.1) is 11.3 Å². The third kappa shape index (κ3) is 5.62. The summed E-state index contributed by atoms with van der Waals surface area (Å²) in [6, 6.07) is 11.2. The molecule has 216 valence electrons. The Hall–Kier alpha value is -4.59. The van der Waals surface area contributed by atoms with Crippen molar-refractivity contribution in [2.24, 2.45) is 5.92 Å². The third-order valence-corrected chi connectivity index (χ3v) is 7.86. The lowest BCUT2D eigenvalue weighted by atomic mass is 10.1. The Balaban J connectivity index is 1.26. The second-order valence-corrected chi connectivity index (χ2v) is 10.6. The molecule has 0 bridgehead atoms. The zero-order valence-corrected chi connectivity index (χ0v) is 23.4. The highest BCUT2D eigenvalue weighted by atomic mass is 32.1. The zero-order chi connectivity index (χ0) is 29.1. The fourth-order valence-electron chi connectivity index (χ4n) is 5.03. The van der Waals surface area contributed by atoms with Gasteiger partial charge in [-0.1, -0.05) is 36.4 Å². The lowest BCUT2D eigenvalue weighted by molar-refractivity contribution is -0.0440. The van der Waals surface area contributed by atoms with Crippen LogP contribution >= 0.6 is 11.3 Å². The van der Waals surface area contributed by atoms with Crippen LogP contribution in [0.5, 0.6) is 0 Å². The largest absolute Gasteiger partial charge is 0.477 e. The van der Waals surface area contributed by atoms with Crippen molar-refractivity contribution in [3.05, 3.63) is 82.3 Å². The number of nitrogens with zero attached hydrogens (tertiary/aromatic N) is 4. The maximum absolute atomic E-state index is 12.1. The quantitative estimate of drug-likeness (QED) is 0.242. The minimum absolute atomic E-state index is 0.107.